The molecule has 21 heavy (non-hydrogen) atoms. The van der Waals surface area contributed by atoms with Gasteiger partial charge in [-0.25, -0.2) is 0 Å². The summed E-state index contributed by atoms with van der Waals surface area (Å²) in [5.74, 6) is 2.15. The third kappa shape index (κ3) is 6.06. The van der Waals surface area contributed by atoms with Crippen LogP contribution < -0.4 is 9.47 Å². The molecule has 0 fully saturated rings. The minimum atomic E-state index is 0.0170. The van der Waals surface area contributed by atoms with Crippen molar-refractivity contribution in [2.45, 2.75) is 27.7 Å². The molecule has 118 valence electrons. The van der Waals surface area contributed by atoms with Crippen LogP contribution in [-0.2, 0) is 4.79 Å². The van der Waals surface area contributed by atoms with Crippen molar-refractivity contribution in [1.82, 2.24) is 4.90 Å². The standard InChI is InChI=1S/C17H27NO3/c1-13(2)10-18(11-14(3)4)17(19)12-21-16-9-7-6-8-15(16)20-5/h6-9,13-14H,10-12H2,1-5H3. The summed E-state index contributed by atoms with van der Waals surface area (Å²) >= 11 is 0. The zero-order valence-corrected chi connectivity index (χ0v) is 13.8. The molecule has 0 aliphatic heterocycles. The number of nitrogens with zero attached hydrogens (tertiary/aromatic N) is 1. The van der Waals surface area contributed by atoms with Gasteiger partial charge in [0.25, 0.3) is 5.91 Å². The fraction of sp³-hybridized carbons (Fsp3) is 0.588. The second-order valence-corrected chi connectivity index (χ2v) is 6.03. The number of hydrogen-bond donors (Lipinski definition) is 0. The molecule has 1 amide bonds. The molecule has 0 bridgehead atoms. The van der Waals surface area contributed by atoms with Crippen molar-refractivity contribution in [2.75, 3.05) is 26.8 Å². The Labute approximate surface area is 128 Å². The van der Waals surface area contributed by atoms with Gasteiger partial charge in [0.05, 0.1) is 7.11 Å². The molecule has 0 unspecified atom stereocenters. The van der Waals surface area contributed by atoms with Crippen LogP contribution in [0.15, 0.2) is 24.3 Å². The summed E-state index contributed by atoms with van der Waals surface area (Å²) in [7, 11) is 1.59. The molecule has 0 atom stereocenters. The lowest BCUT2D eigenvalue weighted by Gasteiger charge is -2.26. The molecular weight excluding hydrogens is 266 g/mol. The van der Waals surface area contributed by atoms with Crippen LogP contribution in [0.25, 0.3) is 0 Å². The second-order valence-electron chi connectivity index (χ2n) is 6.03. The van der Waals surface area contributed by atoms with Crippen LogP contribution in [0.2, 0.25) is 0 Å². The number of carbonyl (C=O) groups excluding carboxylic acids is 1. The Morgan fingerprint density at radius 2 is 1.57 bits per heavy atom. The van der Waals surface area contributed by atoms with Gasteiger partial charge in [0.1, 0.15) is 0 Å². The minimum absolute atomic E-state index is 0.0170. The van der Waals surface area contributed by atoms with E-state index in [-0.39, 0.29) is 12.5 Å². The molecule has 1 rings (SSSR count). The highest BCUT2D eigenvalue weighted by Gasteiger charge is 2.17. The van der Waals surface area contributed by atoms with Crippen molar-refractivity contribution in [3.05, 3.63) is 24.3 Å². The Morgan fingerprint density at radius 3 is 2.05 bits per heavy atom. The number of ether oxygens (including phenoxy) is 2. The lowest BCUT2D eigenvalue weighted by Crippen LogP contribution is -2.39. The molecule has 4 heteroatoms. The maximum absolute atomic E-state index is 12.3. The highest BCUT2D eigenvalue weighted by Crippen LogP contribution is 2.25. The molecule has 0 aliphatic rings. The highest BCUT2D eigenvalue weighted by atomic mass is 16.5. The van der Waals surface area contributed by atoms with E-state index in [2.05, 4.69) is 27.7 Å². The summed E-state index contributed by atoms with van der Waals surface area (Å²) in [5, 5.41) is 0. The predicted octanol–water partition coefficient (Wildman–Crippen LogP) is 3.21. The molecule has 0 saturated carbocycles. The van der Waals surface area contributed by atoms with Gasteiger partial charge >= 0.3 is 0 Å². The summed E-state index contributed by atoms with van der Waals surface area (Å²) in [6, 6.07) is 7.36. The van der Waals surface area contributed by atoms with Crippen molar-refractivity contribution in [2.24, 2.45) is 11.8 Å². The minimum Gasteiger partial charge on any atom is -0.493 e. The van der Waals surface area contributed by atoms with Gasteiger partial charge in [-0.1, -0.05) is 39.8 Å². The predicted molar refractivity (Wildman–Crippen MR) is 84.7 cm³/mol. The van der Waals surface area contributed by atoms with E-state index < -0.39 is 0 Å². The number of amides is 1. The highest BCUT2D eigenvalue weighted by molar-refractivity contribution is 5.77. The third-order valence-electron chi connectivity index (χ3n) is 2.94. The Hall–Kier alpha value is -1.71. The van der Waals surface area contributed by atoms with E-state index in [9.17, 15) is 4.79 Å². The van der Waals surface area contributed by atoms with E-state index in [1.807, 2.05) is 23.1 Å². The van der Waals surface area contributed by atoms with E-state index >= 15 is 0 Å². The number of carbonyl (C=O) groups is 1. The largest absolute Gasteiger partial charge is 0.493 e. The molecule has 0 saturated heterocycles. The fourth-order valence-electron chi connectivity index (χ4n) is 2.13. The van der Waals surface area contributed by atoms with Gasteiger partial charge in [0.2, 0.25) is 0 Å². The van der Waals surface area contributed by atoms with Crippen LogP contribution in [0.1, 0.15) is 27.7 Å². The quantitative estimate of drug-likeness (QED) is 0.738. The van der Waals surface area contributed by atoms with Crippen molar-refractivity contribution >= 4 is 5.91 Å². The van der Waals surface area contributed by atoms with Gasteiger partial charge in [0.15, 0.2) is 18.1 Å². The Morgan fingerprint density at radius 1 is 1.05 bits per heavy atom. The average molecular weight is 293 g/mol. The van der Waals surface area contributed by atoms with E-state index in [0.29, 0.717) is 23.3 Å². The summed E-state index contributed by atoms with van der Waals surface area (Å²) in [5.41, 5.74) is 0. The average Bonchev–Trinajstić information content (AvgIpc) is 2.43. The summed E-state index contributed by atoms with van der Waals surface area (Å²) in [4.78, 5) is 14.2. The molecule has 0 aromatic heterocycles. The molecular formula is C17H27NO3. The summed E-state index contributed by atoms with van der Waals surface area (Å²) in [6.07, 6.45) is 0. The number of rotatable bonds is 8. The molecule has 0 aliphatic carbocycles. The van der Waals surface area contributed by atoms with Crippen molar-refractivity contribution in [3.8, 4) is 11.5 Å². The summed E-state index contributed by atoms with van der Waals surface area (Å²) in [6.45, 7) is 10.0. The smallest absolute Gasteiger partial charge is 0.260 e. The van der Waals surface area contributed by atoms with Crippen molar-refractivity contribution < 1.29 is 14.3 Å². The van der Waals surface area contributed by atoms with Gasteiger partial charge in [-0.2, -0.15) is 0 Å². The van der Waals surface area contributed by atoms with Gasteiger partial charge < -0.3 is 14.4 Å². The first kappa shape index (κ1) is 17.3. The first-order valence-corrected chi connectivity index (χ1v) is 7.47. The number of benzene rings is 1. The van der Waals surface area contributed by atoms with E-state index in [4.69, 9.17) is 9.47 Å². The van der Waals surface area contributed by atoms with E-state index in [0.717, 1.165) is 13.1 Å². The Bertz CT molecular complexity index is 433. The van der Waals surface area contributed by atoms with Crippen molar-refractivity contribution in [3.63, 3.8) is 0 Å². The third-order valence-corrected chi connectivity index (χ3v) is 2.94. The zero-order valence-electron chi connectivity index (χ0n) is 13.8. The van der Waals surface area contributed by atoms with E-state index in [1.165, 1.54) is 0 Å². The molecule has 1 aromatic carbocycles. The van der Waals surface area contributed by atoms with Crippen LogP contribution >= 0.6 is 0 Å². The molecule has 0 N–H and O–H groups in total. The maximum Gasteiger partial charge on any atom is 0.260 e. The van der Waals surface area contributed by atoms with Crippen LogP contribution in [0.5, 0.6) is 11.5 Å². The molecule has 4 nitrogen and oxygen atoms in total. The molecule has 0 heterocycles. The van der Waals surface area contributed by atoms with Crippen LogP contribution in [0.4, 0.5) is 0 Å². The van der Waals surface area contributed by atoms with Gasteiger partial charge in [0, 0.05) is 13.1 Å². The van der Waals surface area contributed by atoms with Gasteiger partial charge in [-0.15, -0.1) is 0 Å². The van der Waals surface area contributed by atoms with Crippen LogP contribution in [0.3, 0.4) is 0 Å². The van der Waals surface area contributed by atoms with Crippen LogP contribution in [-0.4, -0.2) is 37.6 Å². The van der Waals surface area contributed by atoms with Gasteiger partial charge in [-0.3, -0.25) is 4.79 Å². The fourth-order valence-corrected chi connectivity index (χ4v) is 2.13. The number of methoxy groups -OCH3 is 1. The zero-order chi connectivity index (χ0) is 15.8. The topological polar surface area (TPSA) is 38.8 Å². The van der Waals surface area contributed by atoms with E-state index in [1.54, 1.807) is 13.2 Å². The monoisotopic (exact) mass is 293 g/mol. The summed E-state index contributed by atoms with van der Waals surface area (Å²) < 4.78 is 10.8. The molecule has 0 spiro atoms. The first-order chi connectivity index (χ1) is 9.93. The first-order valence-electron chi connectivity index (χ1n) is 7.47. The maximum atomic E-state index is 12.3. The number of para-hydroxylation sites is 2. The van der Waals surface area contributed by atoms with Crippen LogP contribution in [0, 0.1) is 11.8 Å². The Balaban J connectivity index is 2.64. The van der Waals surface area contributed by atoms with Crippen molar-refractivity contribution in [1.29, 1.82) is 0 Å². The Kier molecular flexibility index (Phi) is 7.06. The normalized spacial score (nSPS) is 10.8. The second kappa shape index (κ2) is 8.55. The lowest BCUT2D eigenvalue weighted by atomic mass is 10.1. The lowest BCUT2D eigenvalue weighted by molar-refractivity contribution is -0.134. The molecule has 1 aromatic rings. The molecule has 0 radical (unpaired) electrons. The van der Waals surface area contributed by atoms with Gasteiger partial charge in [-0.05, 0) is 24.0 Å². The SMILES string of the molecule is COc1ccccc1OCC(=O)N(CC(C)C)CC(C)C. The number of hydrogen-bond acceptors (Lipinski definition) is 3.